The van der Waals surface area contributed by atoms with Gasteiger partial charge in [0.2, 0.25) is 5.91 Å². The maximum atomic E-state index is 13.5. The predicted octanol–water partition coefficient (Wildman–Crippen LogP) is 3.31. The molecule has 0 aliphatic carbocycles. The molecule has 0 fully saturated rings. The van der Waals surface area contributed by atoms with Crippen LogP contribution in [0.5, 0.6) is 0 Å². The smallest absolute Gasteiger partial charge is 0.326 e. The molecule has 1 amide bonds. The highest BCUT2D eigenvalue weighted by Gasteiger charge is 2.19. The summed E-state index contributed by atoms with van der Waals surface area (Å²) in [6.45, 7) is 0.0359. The van der Waals surface area contributed by atoms with E-state index in [4.69, 9.17) is 11.6 Å². The number of carbonyl (C=O) groups is 1. The van der Waals surface area contributed by atoms with Crippen molar-refractivity contribution < 1.29 is 17.6 Å². The molecule has 4 aromatic rings. The third kappa shape index (κ3) is 5.42. The minimum absolute atomic E-state index is 0.0359. The van der Waals surface area contributed by atoms with Crippen molar-refractivity contribution in [1.82, 2.24) is 9.55 Å². The van der Waals surface area contributed by atoms with Gasteiger partial charge >= 0.3 is 5.69 Å². The molecule has 0 bridgehead atoms. The van der Waals surface area contributed by atoms with E-state index in [1.54, 1.807) is 24.3 Å². The van der Waals surface area contributed by atoms with Crippen LogP contribution in [-0.2, 0) is 21.4 Å². The van der Waals surface area contributed by atoms with Crippen molar-refractivity contribution in [2.24, 2.45) is 0 Å². The summed E-state index contributed by atoms with van der Waals surface area (Å²) in [7, 11) is -4.13. The zero-order valence-corrected chi connectivity index (χ0v) is 19.5. The summed E-state index contributed by atoms with van der Waals surface area (Å²) in [4.78, 5) is 38.4. The van der Waals surface area contributed by atoms with Gasteiger partial charge < -0.3 is 5.32 Å². The van der Waals surface area contributed by atoms with Crippen LogP contribution in [0, 0.1) is 5.82 Å². The van der Waals surface area contributed by atoms with Crippen molar-refractivity contribution in [3.8, 4) is 0 Å². The first-order valence-corrected chi connectivity index (χ1v) is 12.1. The van der Waals surface area contributed by atoms with E-state index in [1.165, 1.54) is 28.8 Å². The van der Waals surface area contributed by atoms with Crippen LogP contribution in [0.2, 0.25) is 5.02 Å². The van der Waals surface area contributed by atoms with E-state index in [9.17, 15) is 27.2 Å². The topological polar surface area (TPSA) is 130 Å². The van der Waals surface area contributed by atoms with Gasteiger partial charge in [0.25, 0.3) is 15.6 Å². The van der Waals surface area contributed by atoms with Crippen LogP contribution in [-0.4, -0.2) is 23.9 Å². The highest BCUT2D eigenvalue weighted by atomic mass is 35.5. The van der Waals surface area contributed by atoms with Crippen LogP contribution >= 0.6 is 11.6 Å². The fourth-order valence-corrected chi connectivity index (χ4v) is 4.99. The number of aryl methyl sites for hydroxylation is 1. The standard InChI is InChI=1S/C23H18ClFN4O5S/c24-18-10-5-14(25)13-20(18)35(33,34)28-16-8-6-15(7-9-16)26-21(30)11-12-29-19-4-2-1-3-17(19)22(31)27-23(29)32/h1-10,13,28H,11-12H2,(H,26,30)(H,27,31,32). The van der Waals surface area contributed by atoms with Crippen molar-refractivity contribution in [2.75, 3.05) is 10.0 Å². The highest BCUT2D eigenvalue weighted by Crippen LogP contribution is 2.25. The number of H-pyrrole nitrogens is 1. The molecule has 0 saturated carbocycles. The second-order valence-electron chi connectivity index (χ2n) is 7.48. The number of anilines is 2. The van der Waals surface area contributed by atoms with Gasteiger partial charge in [-0.1, -0.05) is 23.7 Å². The average Bonchev–Trinajstić information content (AvgIpc) is 2.81. The van der Waals surface area contributed by atoms with Gasteiger partial charge in [0.05, 0.1) is 15.9 Å². The van der Waals surface area contributed by atoms with E-state index in [0.717, 1.165) is 18.2 Å². The Hall–Kier alpha value is -3.96. The first-order chi connectivity index (χ1) is 16.6. The van der Waals surface area contributed by atoms with Gasteiger partial charge in [-0.2, -0.15) is 0 Å². The molecule has 3 N–H and O–H groups in total. The second-order valence-corrected chi connectivity index (χ2v) is 9.54. The number of hydrogen-bond acceptors (Lipinski definition) is 5. The number of rotatable bonds is 7. The Morgan fingerprint density at radius 1 is 1.00 bits per heavy atom. The van der Waals surface area contributed by atoms with Gasteiger partial charge in [0.15, 0.2) is 0 Å². The number of nitrogens with one attached hydrogen (secondary N) is 3. The van der Waals surface area contributed by atoms with E-state index in [-0.39, 0.29) is 23.7 Å². The van der Waals surface area contributed by atoms with E-state index in [2.05, 4.69) is 15.0 Å². The second kappa shape index (κ2) is 9.72. The van der Waals surface area contributed by atoms with Crippen molar-refractivity contribution in [3.63, 3.8) is 0 Å². The third-order valence-electron chi connectivity index (χ3n) is 5.07. The molecule has 0 unspecified atom stereocenters. The molecule has 0 radical (unpaired) electrons. The van der Waals surface area contributed by atoms with Gasteiger partial charge in [-0.05, 0) is 54.6 Å². The summed E-state index contributed by atoms with van der Waals surface area (Å²) >= 11 is 5.88. The highest BCUT2D eigenvalue weighted by molar-refractivity contribution is 7.92. The lowest BCUT2D eigenvalue weighted by Gasteiger charge is -2.11. The molecule has 0 atom stereocenters. The predicted molar refractivity (Wildman–Crippen MR) is 131 cm³/mol. The molecule has 1 aromatic heterocycles. The van der Waals surface area contributed by atoms with Crippen LogP contribution in [0.25, 0.3) is 10.9 Å². The molecule has 4 rings (SSSR count). The summed E-state index contributed by atoms with van der Waals surface area (Å²) < 4.78 is 42.1. The minimum Gasteiger partial charge on any atom is -0.326 e. The van der Waals surface area contributed by atoms with Gasteiger partial charge in [0, 0.05) is 24.3 Å². The first kappa shape index (κ1) is 24.2. The molecule has 0 aliphatic rings. The van der Waals surface area contributed by atoms with E-state index < -0.39 is 37.9 Å². The van der Waals surface area contributed by atoms with E-state index >= 15 is 0 Å². The largest absolute Gasteiger partial charge is 0.328 e. The van der Waals surface area contributed by atoms with Crippen molar-refractivity contribution in [2.45, 2.75) is 17.9 Å². The molecule has 0 spiro atoms. The fraction of sp³-hybridized carbons (Fsp3) is 0.0870. The van der Waals surface area contributed by atoms with Crippen LogP contribution in [0.1, 0.15) is 6.42 Å². The molecule has 3 aromatic carbocycles. The molecule has 180 valence electrons. The number of hydrogen-bond donors (Lipinski definition) is 3. The van der Waals surface area contributed by atoms with Crippen molar-refractivity contribution in [1.29, 1.82) is 0 Å². The Morgan fingerprint density at radius 2 is 1.69 bits per heavy atom. The number of sulfonamides is 1. The molecular weight excluding hydrogens is 499 g/mol. The van der Waals surface area contributed by atoms with E-state index in [0.29, 0.717) is 16.6 Å². The number of fused-ring (bicyclic) bond motifs is 1. The van der Waals surface area contributed by atoms with Crippen LogP contribution < -0.4 is 21.3 Å². The Balaban J connectivity index is 1.42. The van der Waals surface area contributed by atoms with E-state index in [1.807, 2.05) is 0 Å². The molecule has 9 nitrogen and oxygen atoms in total. The maximum Gasteiger partial charge on any atom is 0.328 e. The lowest BCUT2D eigenvalue weighted by molar-refractivity contribution is -0.116. The SMILES string of the molecule is O=C(CCn1c(=O)[nH]c(=O)c2ccccc21)Nc1ccc(NS(=O)(=O)c2cc(F)ccc2Cl)cc1. The van der Waals surface area contributed by atoms with Crippen molar-refractivity contribution in [3.05, 3.63) is 98.4 Å². The first-order valence-electron chi connectivity index (χ1n) is 10.2. The molecule has 12 heteroatoms. The Bertz CT molecular complexity index is 1650. The number of aromatic nitrogens is 2. The zero-order valence-electron chi connectivity index (χ0n) is 17.9. The number of para-hydroxylation sites is 1. The summed E-state index contributed by atoms with van der Waals surface area (Å²) in [6, 6.07) is 15.4. The lowest BCUT2D eigenvalue weighted by Crippen LogP contribution is -2.31. The lowest BCUT2D eigenvalue weighted by atomic mass is 10.2. The number of nitrogens with zero attached hydrogens (tertiary/aromatic N) is 1. The Kier molecular flexibility index (Phi) is 6.72. The number of benzene rings is 3. The number of halogens is 2. The average molecular weight is 517 g/mol. The molecule has 0 aliphatic heterocycles. The monoisotopic (exact) mass is 516 g/mol. The quantitative estimate of drug-likeness (QED) is 0.347. The zero-order chi connectivity index (χ0) is 25.2. The summed E-state index contributed by atoms with van der Waals surface area (Å²) in [5.41, 5.74) is -0.127. The minimum atomic E-state index is -4.13. The molecule has 1 heterocycles. The third-order valence-corrected chi connectivity index (χ3v) is 6.93. The number of amides is 1. The number of carbonyl (C=O) groups excluding carboxylic acids is 1. The van der Waals surface area contributed by atoms with Gasteiger partial charge in [-0.25, -0.2) is 17.6 Å². The fourth-order valence-electron chi connectivity index (χ4n) is 3.42. The normalized spacial score (nSPS) is 11.4. The summed E-state index contributed by atoms with van der Waals surface area (Å²) in [6.07, 6.45) is -0.0532. The molecule has 35 heavy (non-hydrogen) atoms. The van der Waals surface area contributed by atoms with Crippen LogP contribution in [0.3, 0.4) is 0 Å². The van der Waals surface area contributed by atoms with Crippen LogP contribution in [0.4, 0.5) is 15.8 Å². The van der Waals surface area contributed by atoms with Gasteiger partial charge in [-0.15, -0.1) is 0 Å². The van der Waals surface area contributed by atoms with Crippen LogP contribution in [0.15, 0.2) is 81.2 Å². The maximum absolute atomic E-state index is 13.5. The molecule has 0 saturated heterocycles. The Labute approximate surface area is 203 Å². The van der Waals surface area contributed by atoms with Crippen molar-refractivity contribution >= 4 is 49.8 Å². The summed E-state index contributed by atoms with van der Waals surface area (Å²) in [5, 5.41) is 2.87. The Morgan fingerprint density at radius 3 is 2.43 bits per heavy atom. The summed E-state index contributed by atoms with van der Waals surface area (Å²) in [5.74, 6) is -1.14. The van der Waals surface area contributed by atoms with Gasteiger partial charge in [0.1, 0.15) is 10.7 Å². The number of aromatic amines is 1. The van der Waals surface area contributed by atoms with Gasteiger partial charge in [-0.3, -0.25) is 23.9 Å². The molecular formula is C23H18ClFN4O5S.